The fourth-order valence-electron chi connectivity index (χ4n) is 2.14. The minimum Gasteiger partial charge on any atom is -0.427 e. The predicted molar refractivity (Wildman–Crippen MR) is 94.8 cm³/mol. The van der Waals surface area contributed by atoms with Crippen LogP contribution in [0.3, 0.4) is 0 Å². The van der Waals surface area contributed by atoms with Gasteiger partial charge < -0.3 is 9.47 Å². The standard InChI is InChI=1S/C18H11Cl2NO4/c1-10(22)24-13-5-2-11(3-6-13)8-16-18(23)25-17(21-16)14-7-4-12(19)9-15(14)20/h2-9H,1H3/b16-8-. The van der Waals surface area contributed by atoms with Crippen LogP contribution in [-0.4, -0.2) is 17.8 Å². The van der Waals surface area contributed by atoms with E-state index < -0.39 is 11.9 Å². The number of carbonyl (C=O) groups excluding carboxylic acids is 2. The SMILES string of the molecule is CC(=O)Oc1ccc(/C=C2\N=C(c3ccc(Cl)cc3Cl)OC2=O)cc1. The topological polar surface area (TPSA) is 65.0 Å². The molecule has 0 spiro atoms. The molecule has 0 unspecified atom stereocenters. The number of hydrogen-bond donors (Lipinski definition) is 0. The van der Waals surface area contributed by atoms with Crippen LogP contribution in [0.1, 0.15) is 18.1 Å². The highest BCUT2D eigenvalue weighted by Crippen LogP contribution is 2.26. The highest BCUT2D eigenvalue weighted by atomic mass is 35.5. The predicted octanol–water partition coefficient (Wildman–Crippen LogP) is 4.26. The fourth-order valence-corrected chi connectivity index (χ4v) is 2.63. The maximum absolute atomic E-state index is 12.0. The van der Waals surface area contributed by atoms with Crippen LogP contribution < -0.4 is 4.74 Å². The summed E-state index contributed by atoms with van der Waals surface area (Å²) < 4.78 is 10.1. The number of benzene rings is 2. The maximum atomic E-state index is 12.0. The van der Waals surface area contributed by atoms with Gasteiger partial charge in [-0.15, -0.1) is 0 Å². The van der Waals surface area contributed by atoms with E-state index in [0.29, 0.717) is 26.9 Å². The van der Waals surface area contributed by atoms with Gasteiger partial charge in [-0.2, -0.15) is 0 Å². The zero-order chi connectivity index (χ0) is 18.0. The molecular weight excluding hydrogens is 365 g/mol. The number of hydrogen-bond acceptors (Lipinski definition) is 5. The van der Waals surface area contributed by atoms with Crippen LogP contribution in [-0.2, 0) is 14.3 Å². The average molecular weight is 376 g/mol. The third kappa shape index (κ3) is 4.07. The largest absolute Gasteiger partial charge is 0.427 e. The average Bonchev–Trinajstić information content (AvgIpc) is 2.89. The maximum Gasteiger partial charge on any atom is 0.363 e. The molecule has 0 saturated carbocycles. The number of cyclic esters (lactones) is 1. The fraction of sp³-hybridized carbons (Fsp3) is 0.0556. The Morgan fingerprint density at radius 2 is 1.88 bits per heavy atom. The molecule has 7 heteroatoms. The molecule has 0 aromatic heterocycles. The molecule has 5 nitrogen and oxygen atoms in total. The number of ether oxygens (including phenoxy) is 2. The summed E-state index contributed by atoms with van der Waals surface area (Å²) in [5, 5.41) is 0.813. The Hall–Kier alpha value is -2.63. The van der Waals surface area contributed by atoms with Crippen molar-refractivity contribution in [1.29, 1.82) is 0 Å². The monoisotopic (exact) mass is 375 g/mol. The minimum absolute atomic E-state index is 0.120. The van der Waals surface area contributed by atoms with Crippen molar-refractivity contribution in [2.75, 3.05) is 0 Å². The minimum atomic E-state index is -0.579. The van der Waals surface area contributed by atoms with E-state index in [2.05, 4.69) is 4.99 Å². The van der Waals surface area contributed by atoms with E-state index in [1.807, 2.05) is 0 Å². The first-order valence-corrected chi connectivity index (χ1v) is 7.94. The van der Waals surface area contributed by atoms with Crippen LogP contribution in [0, 0.1) is 0 Å². The summed E-state index contributed by atoms with van der Waals surface area (Å²) in [6, 6.07) is 11.4. The number of carbonyl (C=O) groups is 2. The van der Waals surface area contributed by atoms with Crippen LogP contribution in [0.2, 0.25) is 10.0 Å². The summed E-state index contributed by atoms with van der Waals surface area (Å²) in [6.07, 6.45) is 1.57. The van der Waals surface area contributed by atoms with Gasteiger partial charge in [-0.3, -0.25) is 4.79 Å². The third-order valence-electron chi connectivity index (χ3n) is 3.23. The van der Waals surface area contributed by atoms with E-state index in [0.717, 1.165) is 0 Å². The molecule has 0 bridgehead atoms. The Balaban J connectivity index is 1.86. The molecule has 1 heterocycles. The van der Waals surface area contributed by atoms with Gasteiger partial charge in [0.15, 0.2) is 5.70 Å². The zero-order valence-corrected chi connectivity index (χ0v) is 14.5. The molecule has 1 aliphatic rings. The molecule has 0 N–H and O–H groups in total. The normalized spacial score (nSPS) is 15.1. The van der Waals surface area contributed by atoms with E-state index >= 15 is 0 Å². The smallest absolute Gasteiger partial charge is 0.363 e. The first-order valence-electron chi connectivity index (χ1n) is 7.19. The molecule has 2 aromatic carbocycles. The van der Waals surface area contributed by atoms with Crippen molar-refractivity contribution in [3.63, 3.8) is 0 Å². The Bertz CT molecular complexity index is 917. The number of aliphatic imine (C=N–C) groups is 1. The summed E-state index contributed by atoms with van der Waals surface area (Å²) >= 11 is 12.0. The quantitative estimate of drug-likeness (QED) is 0.456. The van der Waals surface area contributed by atoms with E-state index in [4.69, 9.17) is 32.7 Å². The first-order chi connectivity index (χ1) is 11.9. The van der Waals surface area contributed by atoms with Crippen molar-refractivity contribution in [3.8, 4) is 5.75 Å². The van der Waals surface area contributed by atoms with Crippen LogP contribution in [0.25, 0.3) is 6.08 Å². The van der Waals surface area contributed by atoms with Crippen LogP contribution in [0.15, 0.2) is 53.2 Å². The molecule has 25 heavy (non-hydrogen) atoms. The van der Waals surface area contributed by atoms with Gasteiger partial charge >= 0.3 is 11.9 Å². The molecule has 0 atom stereocenters. The van der Waals surface area contributed by atoms with E-state index in [1.165, 1.54) is 6.92 Å². The van der Waals surface area contributed by atoms with Crippen molar-refractivity contribution in [2.24, 2.45) is 4.99 Å². The Morgan fingerprint density at radius 3 is 2.52 bits per heavy atom. The number of esters is 2. The molecule has 0 amide bonds. The van der Waals surface area contributed by atoms with Gasteiger partial charge in [0.05, 0.1) is 10.6 Å². The molecule has 2 aromatic rings. The van der Waals surface area contributed by atoms with Crippen molar-refractivity contribution in [2.45, 2.75) is 6.92 Å². The second-order valence-corrected chi connectivity index (χ2v) is 5.97. The second-order valence-electron chi connectivity index (χ2n) is 5.12. The Morgan fingerprint density at radius 1 is 1.16 bits per heavy atom. The van der Waals surface area contributed by atoms with Crippen LogP contribution >= 0.6 is 23.2 Å². The van der Waals surface area contributed by atoms with Gasteiger partial charge in [0, 0.05) is 11.9 Å². The van der Waals surface area contributed by atoms with Crippen molar-refractivity contribution in [1.82, 2.24) is 0 Å². The molecular formula is C18H11Cl2NO4. The van der Waals surface area contributed by atoms with Gasteiger partial charge in [0.2, 0.25) is 5.90 Å². The van der Waals surface area contributed by atoms with Gasteiger partial charge in [0.1, 0.15) is 5.75 Å². The summed E-state index contributed by atoms with van der Waals surface area (Å²) in [6.45, 7) is 1.32. The summed E-state index contributed by atoms with van der Waals surface area (Å²) in [5.41, 5.74) is 1.32. The lowest BCUT2D eigenvalue weighted by molar-refractivity contribution is -0.132. The van der Waals surface area contributed by atoms with E-state index in [9.17, 15) is 9.59 Å². The Kier molecular flexibility index (Phi) is 4.88. The zero-order valence-electron chi connectivity index (χ0n) is 13.0. The molecule has 0 aliphatic carbocycles. The van der Waals surface area contributed by atoms with Gasteiger partial charge in [-0.25, -0.2) is 9.79 Å². The Labute approximate surface area is 153 Å². The van der Waals surface area contributed by atoms with Gasteiger partial charge in [-0.05, 0) is 42.0 Å². The molecule has 3 rings (SSSR count). The molecule has 0 radical (unpaired) electrons. The lowest BCUT2D eigenvalue weighted by atomic mass is 10.2. The number of nitrogens with zero attached hydrogens (tertiary/aromatic N) is 1. The molecule has 126 valence electrons. The first kappa shape index (κ1) is 17.2. The molecule has 1 aliphatic heterocycles. The highest BCUT2D eigenvalue weighted by molar-refractivity contribution is 6.37. The lowest BCUT2D eigenvalue weighted by Crippen LogP contribution is -2.05. The lowest BCUT2D eigenvalue weighted by Gasteiger charge is -2.02. The third-order valence-corrected chi connectivity index (χ3v) is 3.77. The van der Waals surface area contributed by atoms with E-state index in [1.54, 1.807) is 48.5 Å². The summed E-state index contributed by atoms with van der Waals surface area (Å²) in [5.74, 6) is -0.445. The number of rotatable bonds is 3. The van der Waals surface area contributed by atoms with E-state index in [-0.39, 0.29) is 11.6 Å². The van der Waals surface area contributed by atoms with Crippen molar-refractivity contribution in [3.05, 3.63) is 69.3 Å². The summed E-state index contributed by atoms with van der Waals surface area (Å²) in [4.78, 5) is 27.1. The van der Waals surface area contributed by atoms with Crippen molar-refractivity contribution >= 4 is 47.1 Å². The summed E-state index contributed by atoms with van der Waals surface area (Å²) in [7, 11) is 0. The number of halogens is 2. The molecule has 0 fully saturated rings. The van der Waals surface area contributed by atoms with Crippen LogP contribution in [0.5, 0.6) is 5.75 Å². The van der Waals surface area contributed by atoms with Crippen LogP contribution in [0.4, 0.5) is 0 Å². The molecule has 0 saturated heterocycles. The van der Waals surface area contributed by atoms with Gasteiger partial charge in [0.25, 0.3) is 0 Å². The highest BCUT2D eigenvalue weighted by Gasteiger charge is 2.25. The van der Waals surface area contributed by atoms with Crippen molar-refractivity contribution < 1.29 is 19.1 Å². The second kappa shape index (κ2) is 7.09. The van der Waals surface area contributed by atoms with Gasteiger partial charge in [-0.1, -0.05) is 35.3 Å².